The Bertz CT molecular complexity index is 1000. The molecular formula is C22H21ClN2O3S. The van der Waals surface area contributed by atoms with E-state index < -0.39 is 0 Å². The summed E-state index contributed by atoms with van der Waals surface area (Å²) in [7, 11) is 1.54. The van der Waals surface area contributed by atoms with Gasteiger partial charge in [-0.3, -0.25) is 9.59 Å². The van der Waals surface area contributed by atoms with Crippen molar-refractivity contribution in [1.82, 2.24) is 4.90 Å². The Morgan fingerprint density at radius 2 is 1.79 bits per heavy atom. The van der Waals surface area contributed by atoms with Crippen molar-refractivity contribution in [3.8, 4) is 16.2 Å². The maximum absolute atomic E-state index is 12.9. The van der Waals surface area contributed by atoms with Crippen LogP contribution in [-0.4, -0.2) is 36.9 Å². The minimum Gasteiger partial charge on any atom is -0.495 e. The van der Waals surface area contributed by atoms with Gasteiger partial charge < -0.3 is 15.0 Å². The number of ether oxygens (including phenoxy) is 1. The number of carbonyl (C=O) groups excluding carboxylic acids is 2. The van der Waals surface area contributed by atoms with Crippen molar-refractivity contribution in [1.29, 1.82) is 0 Å². The van der Waals surface area contributed by atoms with Crippen LogP contribution >= 0.6 is 22.9 Å². The predicted octanol–water partition coefficient (Wildman–Crippen LogP) is 5.18. The van der Waals surface area contributed by atoms with E-state index in [9.17, 15) is 9.59 Å². The number of hydrogen-bond acceptors (Lipinski definition) is 4. The van der Waals surface area contributed by atoms with E-state index in [1.54, 1.807) is 25.3 Å². The van der Waals surface area contributed by atoms with Gasteiger partial charge in [0.25, 0.3) is 5.91 Å². The Labute approximate surface area is 178 Å². The van der Waals surface area contributed by atoms with E-state index in [1.807, 2.05) is 49.4 Å². The van der Waals surface area contributed by atoms with Crippen LogP contribution < -0.4 is 10.1 Å². The molecule has 1 heterocycles. The molecule has 1 aromatic heterocycles. The highest BCUT2D eigenvalue weighted by Crippen LogP contribution is 2.30. The molecule has 0 fully saturated rings. The topological polar surface area (TPSA) is 58.6 Å². The Kier molecular flexibility index (Phi) is 6.90. The summed E-state index contributed by atoms with van der Waals surface area (Å²) < 4.78 is 5.24. The largest absolute Gasteiger partial charge is 0.495 e. The van der Waals surface area contributed by atoms with Crippen LogP contribution in [0.5, 0.6) is 5.75 Å². The fourth-order valence-electron chi connectivity index (χ4n) is 2.82. The van der Waals surface area contributed by atoms with Crippen molar-refractivity contribution >= 4 is 40.4 Å². The molecule has 2 aromatic carbocycles. The van der Waals surface area contributed by atoms with E-state index in [1.165, 1.54) is 16.2 Å². The summed E-state index contributed by atoms with van der Waals surface area (Å²) in [6.45, 7) is 2.23. The van der Waals surface area contributed by atoms with Crippen molar-refractivity contribution in [3.63, 3.8) is 0 Å². The Morgan fingerprint density at radius 1 is 1.07 bits per heavy atom. The predicted molar refractivity (Wildman–Crippen MR) is 118 cm³/mol. The summed E-state index contributed by atoms with van der Waals surface area (Å²) in [5.41, 5.74) is 1.57. The third kappa shape index (κ3) is 5.16. The minimum atomic E-state index is -0.279. The van der Waals surface area contributed by atoms with Crippen LogP contribution in [0.2, 0.25) is 5.02 Å². The smallest absolute Gasteiger partial charge is 0.264 e. The Balaban J connectivity index is 1.69. The van der Waals surface area contributed by atoms with Crippen molar-refractivity contribution in [2.45, 2.75) is 6.92 Å². The summed E-state index contributed by atoms with van der Waals surface area (Å²) >= 11 is 7.33. The van der Waals surface area contributed by atoms with Crippen molar-refractivity contribution in [2.24, 2.45) is 0 Å². The SMILES string of the molecule is CCN(CC(=O)Nc1ccccc1OC)C(=O)c1ccc(-c2ccc(Cl)cc2)s1. The highest BCUT2D eigenvalue weighted by atomic mass is 35.5. The van der Waals surface area contributed by atoms with Gasteiger partial charge in [0, 0.05) is 16.4 Å². The van der Waals surface area contributed by atoms with Gasteiger partial charge in [-0.25, -0.2) is 0 Å². The molecule has 0 spiro atoms. The number of para-hydroxylation sites is 2. The van der Waals surface area contributed by atoms with Gasteiger partial charge in [-0.05, 0) is 48.9 Å². The fourth-order valence-corrected chi connectivity index (χ4v) is 3.92. The van der Waals surface area contributed by atoms with Crippen molar-refractivity contribution in [3.05, 3.63) is 70.6 Å². The molecule has 0 saturated heterocycles. The van der Waals surface area contributed by atoms with E-state index in [2.05, 4.69) is 5.32 Å². The van der Waals surface area contributed by atoms with E-state index >= 15 is 0 Å². The second-order valence-electron chi connectivity index (χ2n) is 6.24. The first-order chi connectivity index (χ1) is 14.0. The average Bonchev–Trinajstić information content (AvgIpc) is 3.22. The third-order valence-corrected chi connectivity index (χ3v) is 5.70. The first kappa shape index (κ1) is 20.9. The van der Waals surface area contributed by atoms with E-state index in [0.717, 1.165) is 10.4 Å². The maximum Gasteiger partial charge on any atom is 0.264 e. The molecule has 2 amide bonds. The van der Waals surface area contributed by atoms with Gasteiger partial charge in [0.2, 0.25) is 5.91 Å². The number of methoxy groups -OCH3 is 1. The summed E-state index contributed by atoms with van der Waals surface area (Å²) in [5.74, 6) is 0.119. The molecule has 0 atom stereocenters. The van der Waals surface area contributed by atoms with E-state index in [4.69, 9.17) is 16.3 Å². The number of carbonyl (C=O) groups is 2. The molecule has 5 nitrogen and oxygen atoms in total. The van der Waals surface area contributed by atoms with Gasteiger partial charge in [-0.2, -0.15) is 0 Å². The zero-order valence-electron chi connectivity index (χ0n) is 16.1. The van der Waals surface area contributed by atoms with Crippen LogP contribution in [0.4, 0.5) is 5.69 Å². The van der Waals surface area contributed by atoms with Gasteiger partial charge in [0.1, 0.15) is 12.3 Å². The molecule has 3 rings (SSSR count). The number of nitrogens with zero attached hydrogens (tertiary/aromatic N) is 1. The molecule has 3 aromatic rings. The van der Waals surface area contributed by atoms with Crippen LogP contribution in [0.3, 0.4) is 0 Å². The first-order valence-corrected chi connectivity index (χ1v) is 10.3. The lowest BCUT2D eigenvalue weighted by Gasteiger charge is -2.20. The molecule has 0 saturated carbocycles. The molecular weight excluding hydrogens is 408 g/mol. The number of rotatable bonds is 7. The second-order valence-corrected chi connectivity index (χ2v) is 7.76. The van der Waals surface area contributed by atoms with Crippen LogP contribution in [0.25, 0.3) is 10.4 Å². The van der Waals surface area contributed by atoms with Gasteiger partial charge in [0.15, 0.2) is 0 Å². The van der Waals surface area contributed by atoms with Crippen LogP contribution in [0.15, 0.2) is 60.7 Å². The van der Waals surface area contributed by atoms with Gasteiger partial charge in [-0.15, -0.1) is 11.3 Å². The minimum absolute atomic E-state index is 0.0401. The molecule has 0 radical (unpaired) electrons. The summed E-state index contributed by atoms with van der Waals surface area (Å²) in [6.07, 6.45) is 0. The number of likely N-dealkylation sites (N-methyl/N-ethyl adjacent to an activating group) is 1. The lowest BCUT2D eigenvalue weighted by Crippen LogP contribution is -2.37. The molecule has 0 unspecified atom stereocenters. The van der Waals surface area contributed by atoms with Crippen LogP contribution in [-0.2, 0) is 4.79 Å². The molecule has 0 aliphatic rings. The quantitative estimate of drug-likeness (QED) is 0.564. The molecule has 0 bridgehead atoms. The van der Waals surface area contributed by atoms with Crippen LogP contribution in [0, 0.1) is 0 Å². The highest BCUT2D eigenvalue weighted by molar-refractivity contribution is 7.17. The number of anilines is 1. The summed E-state index contributed by atoms with van der Waals surface area (Å²) in [5, 5.41) is 3.47. The van der Waals surface area contributed by atoms with Gasteiger partial charge in [0.05, 0.1) is 17.7 Å². The normalized spacial score (nSPS) is 10.4. The third-order valence-electron chi connectivity index (χ3n) is 4.33. The standard InChI is InChI=1S/C22H21ClN2O3S/c1-3-25(14-21(26)24-17-6-4-5-7-18(17)28-2)22(27)20-13-12-19(29-20)15-8-10-16(23)11-9-15/h4-13H,3,14H2,1-2H3,(H,24,26). The van der Waals surface area contributed by atoms with E-state index in [-0.39, 0.29) is 18.4 Å². The number of hydrogen-bond donors (Lipinski definition) is 1. The zero-order valence-corrected chi connectivity index (χ0v) is 17.7. The number of thiophene rings is 1. The second kappa shape index (κ2) is 9.58. The maximum atomic E-state index is 12.9. The zero-order chi connectivity index (χ0) is 20.8. The molecule has 29 heavy (non-hydrogen) atoms. The molecule has 1 N–H and O–H groups in total. The van der Waals surface area contributed by atoms with Crippen molar-refractivity contribution in [2.75, 3.05) is 25.5 Å². The average molecular weight is 429 g/mol. The fraction of sp³-hybridized carbons (Fsp3) is 0.182. The van der Waals surface area contributed by atoms with Crippen molar-refractivity contribution < 1.29 is 14.3 Å². The number of amides is 2. The Morgan fingerprint density at radius 3 is 2.48 bits per heavy atom. The molecule has 0 aliphatic carbocycles. The summed E-state index contributed by atoms with van der Waals surface area (Å²) in [4.78, 5) is 28.4. The molecule has 0 aliphatic heterocycles. The lowest BCUT2D eigenvalue weighted by molar-refractivity contribution is -0.116. The van der Waals surface area contributed by atoms with E-state index in [0.29, 0.717) is 27.9 Å². The molecule has 7 heteroatoms. The van der Waals surface area contributed by atoms with Gasteiger partial charge in [-0.1, -0.05) is 35.9 Å². The number of nitrogens with one attached hydrogen (secondary N) is 1. The molecule has 150 valence electrons. The van der Waals surface area contributed by atoms with Gasteiger partial charge >= 0.3 is 0 Å². The summed E-state index contributed by atoms with van der Waals surface area (Å²) in [6, 6.07) is 18.3. The monoisotopic (exact) mass is 428 g/mol. The lowest BCUT2D eigenvalue weighted by atomic mass is 10.2. The highest BCUT2D eigenvalue weighted by Gasteiger charge is 2.20. The number of halogens is 1. The van der Waals surface area contributed by atoms with Crippen LogP contribution in [0.1, 0.15) is 16.6 Å². The Hall–Kier alpha value is -2.83. The number of benzene rings is 2. The first-order valence-electron chi connectivity index (χ1n) is 9.09.